The largest absolute Gasteiger partial charge is 0.341 e. The molecule has 116 valence electrons. The number of aryl methyl sites for hydroxylation is 1. The summed E-state index contributed by atoms with van der Waals surface area (Å²) in [6.07, 6.45) is 0. The molecule has 1 amide bonds. The van der Waals surface area contributed by atoms with Crippen LogP contribution < -0.4 is 5.73 Å². The lowest BCUT2D eigenvalue weighted by Crippen LogP contribution is -2.36. The molecule has 0 saturated heterocycles. The van der Waals surface area contributed by atoms with E-state index in [9.17, 15) is 4.79 Å². The van der Waals surface area contributed by atoms with Gasteiger partial charge in [-0.15, -0.1) is 0 Å². The van der Waals surface area contributed by atoms with Gasteiger partial charge in [0.15, 0.2) is 0 Å². The fraction of sp³-hybridized carbons (Fsp3) is 0.316. The second-order valence-electron chi connectivity index (χ2n) is 5.91. The summed E-state index contributed by atoms with van der Waals surface area (Å²) in [5.74, 6) is -0.185. The summed E-state index contributed by atoms with van der Waals surface area (Å²) in [5.41, 5.74) is 9.58. The molecule has 0 heterocycles. The van der Waals surface area contributed by atoms with Crippen LogP contribution in [-0.4, -0.2) is 17.9 Å². The van der Waals surface area contributed by atoms with E-state index < -0.39 is 0 Å². The summed E-state index contributed by atoms with van der Waals surface area (Å²) in [5, 5.41) is 0. The monoisotopic (exact) mass is 296 g/mol. The normalized spacial score (nSPS) is 13.5. The molecule has 0 saturated carbocycles. The van der Waals surface area contributed by atoms with Gasteiger partial charge in [-0.2, -0.15) is 0 Å². The van der Waals surface area contributed by atoms with Crippen LogP contribution in [-0.2, 0) is 11.3 Å². The molecular weight excluding hydrogens is 272 g/mol. The van der Waals surface area contributed by atoms with Crippen LogP contribution >= 0.6 is 0 Å². The quantitative estimate of drug-likeness (QED) is 0.920. The number of nitrogens with two attached hydrogens (primary N) is 1. The van der Waals surface area contributed by atoms with Crippen molar-refractivity contribution in [3.8, 4) is 0 Å². The van der Waals surface area contributed by atoms with Crippen LogP contribution in [0.25, 0.3) is 0 Å². The fourth-order valence-corrected chi connectivity index (χ4v) is 2.51. The maximum atomic E-state index is 12.6. The van der Waals surface area contributed by atoms with Crippen molar-refractivity contribution in [2.75, 3.05) is 7.05 Å². The maximum absolute atomic E-state index is 12.6. The lowest BCUT2D eigenvalue weighted by molar-refractivity contribution is -0.134. The Bertz CT molecular complexity index is 607. The molecule has 2 aromatic carbocycles. The molecule has 3 nitrogen and oxygen atoms in total. The van der Waals surface area contributed by atoms with E-state index in [4.69, 9.17) is 5.73 Å². The molecule has 2 atom stereocenters. The van der Waals surface area contributed by atoms with E-state index in [1.807, 2.05) is 44.3 Å². The molecule has 0 aromatic heterocycles. The first-order chi connectivity index (χ1) is 10.5. The summed E-state index contributed by atoms with van der Waals surface area (Å²) in [7, 11) is 1.83. The number of carbonyl (C=O) groups is 1. The number of nitrogens with zero attached hydrogens (tertiary/aromatic N) is 1. The second-order valence-corrected chi connectivity index (χ2v) is 5.91. The number of hydrogen-bond donors (Lipinski definition) is 1. The Balaban J connectivity index is 2.01. The third kappa shape index (κ3) is 3.95. The highest BCUT2D eigenvalue weighted by Crippen LogP contribution is 2.21. The van der Waals surface area contributed by atoms with Crippen molar-refractivity contribution in [3.05, 3.63) is 71.3 Å². The third-order valence-electron chi connectivity index (χ3n) is 4.03. The summed E-state index contributed by atoms with van der Waals surface area (Å²) in [4.78, 5) is 14.3. The van der Waals surface area contributed by atoms with Crippen LogP contribution in [0.1, 0.15) is 29.7 Å². The minimum atomic E-state index is -0.283. The molecule has 0 fully saturated rings. The van der Waals surface area contributed by atoms with Crippen molar-refractivity contribution < 1.29 is 4.79 Å². The van der Waals surface area contributed by atoms with Gasteiger partial charge in [-0.05, 0) is 18.1 Å². The first-order valence-corrected chi connectivity index (χ1v) is 7.60. The zero-order valence-corrected chi connectivity index (χ0v) is 13.5. The van der Waals surface area contributed by atoms with Gasteiger partial charge in [-0.3, -0.25) is 4.79 Å². The Morgan fingerprint density at radius 2 is 1.68 bits per heavy atom. The van der Waals surface area contributed by atoms with Gasteiger partial charge in [-0.25, -0.2) is 0 Å². The number of benzene rings is 2. The topological polar surface area (TPSA) is 46.3 Å². The van der Waals surface area contributed by atoms with Crippen LogP contribution in [0, 0.1) is 12.8 Å². The average Bonchev–Trinajstić information content (AvgIpc) is 2.55. The minimum Gasteiger partial charge on any atom is -0.341 e. The molecule has 0 aliphatic heterocycles. The molecule has 2 rings (SSSR count). The fourth-order valence-electron chi connectivity index (χ4n) is 2.51. The molecule has 0 radical (unpaired) electrons. The van der Waals surface area contributed by atoms with Gasteiger partial charge in [-0.1, -0.05) is 67.1 Å². The van der Waals surface area contributed by atoms with Crippen molar-refractivity contribution >= 4 is 5.91 Å². The van der Waals surface area contributed by atoms with Gasteiger partial charge in [0.05, 0.1) is 5.92 Å². The summed E-state index contributed by atoms with van der Waals surface area (Å²) in [6, 6.07) is 17.7. The summed E-state index contributed by atoms with van der Waals surface area (Å²) < 4.78 is 0. The van der Waals surface area contributed by atoms with Gasteiger partial charge < -0.3 is 10.6 Å². The summed E-state index contributed by atoms with van der Waals surface area (Å²) >= 11 is 0. The van der Waals surface area contributed by atoms with Crippen LogP contribution in [0.5, 0.6) is 0 Å². The Kier molecular flexibility index (Phi) is 5.34. The molecular formula is C19H24N2O. The second kappa shape index (κ2) is 7.23. The Labute approximate surface area is 132 Å². The number of amides is 1. The highest BCUT2D eigenvalue weighted by atomic mass is 16.2. The van der Waals surface area contributed by atoms with Crippen LogP contribution in [0.3, 0.4) is 0 Å². The Morgan fingerprint density at radius 3 is 2.27 bits per heavy atom. The van der Waals surface area contributed by atoms with Gasteiger partial charge >= 0.3 is 0 Å². The molecule has 2 N–H and O–H groups in total. The van der Waals surface area contributed by atoms with Crippen molar-refractivity contribution in [1.29, 1.82) is 0 Å². The van der Waals surface area contributed by atoms with Crippen LogP contribution in [0.2, 0.25) is 0 Å². The molecule has 0 bridgehead atoms. The average molecular weight is 296 g/mol. The van der Waals surface area contributed by atoms with E-state index in [1.165, 1.54) is 5.56 Å². The maximum Gasteiger partial charge on any atom is 0.227 e. The SMILES string of the molecule is Cc1ccc(CN(C)C(=O)C(C)C(N)c2ccccc2)cc1. The molecule has 2 unspecified atom stereocenters. The van der Waals surface area contributed by atoms with Crippen LogP contribution in [0.15, 0.2) is 54.6 Å². The van der Waals surface area contributed by atoms with Crippen LogP contribution in [0.4, 0.5) is 0 Å². The number of carbonyl (C=O) groups excluding carboxylic acids is 1. The van der Waals surface area contributed by atoms with Gasteiger partial charge in [0.2, 0.25) is 5.91 Å². The molecule has 0 aliphatic rings. The minimum absolute atomic E-state index is 0.0666. The highest BCUT2D eigenvalue weighted by Gasteiger charge is 2.24. The Hall–Kier alpha value is -2.13. The van der Waals surface area contributed by atoms with Crippen molar-refractivity contribution in [1.82, 2.24) is 4.90 Å². The zero-order valence-electron chi connectivity index (χ0n) is 13.5. The van der Waals surface area contributed by atoms with E-state index in [-0.39, 0.29) is 17.9 Å². The van der Waals surface area contributed by atoms with Gasteiger partial charge in [0.25, 0.3) is 0 Å². The van der Waals surface area contributed by atoms with E-state index in [1.54, 1.807) is 4.90 Å². The van der Waals surface area contributed by atoms with E-state index in [0.717, 1.165) is 11.1 Å². The lowest BCUT2D eigenvalue weighted by Gasteiger charge is -2.25. The predicted molar refractivity (Wildman–Crippen MR) is 90.2 cm³/mol. The molecule has 22 heavy (non-hydrogen) atoms. The van der Waals surface area contributed by atoms with E-state index in [0.29, 0.717) is 6.54 Å². The number of hydrogen-bond acceptors (Lipinski definition) is 2. The molecule has 3 heteroatoms. The van der Waals surface area contributed by atoms with E-state index >= 15 is 0 Å². The summed E-state index contributed by atoms with van der Waals surface area (Å²) in [6.45, 7) is 4.55. The van der Waals surface area contributed by atoms with Gasteiger partial charge in [0.1, 0.15) is 0 Å². The highest BCUT2D eigenvalue weighted by molar-refractivity contribution is 5.79. The molecule has 2 aromatic rings. The first kappa shape index (κ1) is 16.2. The first-order valence-electron chi connectivity index (χ1n) is 7.60. The third-order valence-corrected chi connectivity index (χ3v) is 4.03. The smallest absolute Gasteiger partial charge is 0.227 e. The standard InChI is InChI=1S/C19H24N2O/c1-14-9-11-16(12-10-14)13-21(3)19(22)15(2)18(20)17-7-5-4-6-8-17/h4-12,15,18H,13,20H2,1-3H3. The predicted octanol–water partition coefficient (Wildman–Crippen LogP) is 3.29. The van der Waals surface area contributed by atoms with Crippen molar-refractivity contribution in [2.45, 2.75) is 26.4 Å². The van der Waals surface area contributed by atoms with E-state index in [2.05, 4.69) is 31.2 Å². The molecule has 0 spiro atoms. The zero-order chi connectivity index (χ0) is 16.1. The van der Waals surface area contributed by atoms with Crippen molar-refractivity contribution in [2.24, 2.45) is 11.7 Å². The Morgan fingerprint density at radius 1 is 1.09 bits per heavy atom. The molecule has 0 aliphatic carbocycles. The lowest BCUT2D eigenvalue weighted by atomic mass is 9.94. The number of rotatable bonds is 5. The van der Waals surface area contributed by atoms with Crippen molar-refractivity contribution in [3.63, 3.8) is 0 Å². The van der Waals surface area contributed by atoms with Gasteiger partial charge in [0, 0.05) is 19.6 Å².